The molecule has 0 atom stereocenters. The summed E-state index contributed by atoms with van der Waals surface area (Å²) < 4.78 is 15.3. The summed E-state index contributed by atoms with van der Waals surface area (Å²) in [5, 5.41) is 21.6. The number of benzene rings is 2. The number of amides is 1. The second-order valence-electron chi connectivity index (χ2n) is 7.28. The van der Waals surface area contributed by atoms with E-state index in [1.807, 2.05) is 34.9 Å². The van der Waals surface area contributed by atoms with Gasteiger partial charge in [-0.2, -0.15) is 0 Å². The summed E-state index contributed by atoms with van der Waals surface area (Å²) in [5.41, 5.74) is 1.58. The highest BCUT2D eigenvalue weighted by Gasteiger charge is 2.18. The van der Waals surface area contributed by atoms with Crippen molar-refractivity contribution < 1.29 is 9.18 Å². The third-order valence-electron chi connectivity index (χ3n) is 4.79. The lowest BCUT2D eigenvalue weighted by atomic mass is 10.2. The molecular weight excluding hydrogens is 459 g/mol. The Labute approximate surface area is 199 Å². The summed E-state index contributed by atoms with van der Waals surface area (Å²) in [6.07, 6.45) is 4.25. The topological polar surface area (TPSA) is 85.6 Å². The van der Waals surface area contributed by atoms with Gasteiger partial charge in [0.15, 0.2) is 11.0 Å². The van der Waals surface area contributed by atoms with Crippen molar-refractivity contribution in [1.29, 1.82) is 0 Å². The highest BCUT2D eigenvalue weighted by molar-refractivity contribution is 7.99. The molecule has 2 aromatic heterocycles. The molecule has 10 heteroatoms. The summed E-state index contributed by atoms with van der Waals surface area (Å²) >= 11 is 2.68. The average Bonchev–Trinajstić information content (AvgIpc) is 3.46. The smallest absolute Gasteiger partial charge is 0.236 e. The molecule has 1 amide bonds. The first-order valence-corrected chi connectivity index (χ1v) is 12.5. The molecule has 0 saturated heterocycles. The molecule has 7 nitrogen and oxygen atoms in total. The Morgan fingerprint density at radius 2 is 1.82 bits per heavy atom. The second-order valence-corrected chi connectivity index (χ2v) is 9.28. The van der Waals surface area contributed by atoms with Gasteiger partial charge < -0.3 is 0 Å². The van der Waals surface area contributed by atoms with Crippen LogP contribution in [0.1, 0.15) is 31.2 Å². The van der Waals surface area contributed by atoms with Crippen LogP contribution in [-0.4, -0.2) is 36.6 Å². The van der Waals surface area contributed by atoms with Gasteiger partial charge in [0.2, 0.25) is 11.0 Å². The van der Waals surface area contributed by atoms with Gasteiger partial charge in [0.05, 0.1) is 5.75 Å². The van der Waals surface area contributed by atoms with Gasteiger partial charge in [0.25, 0.3) is 0 Å². The first kappa shape index (κ1) is 23.1. The molecule has 0 aliphatic heterocycles. The van der Waals surface area contributed by atoms with E-state index >= 15 is 0 Å². The van der Waals surface area contributed by atoms with Crippen molar-refractivity contribution in [3.63, 3.8) is 0 Å². The highest BCUT2D eigenvalue weighted by atomic mass is 32.2. The molecule has 1 N–H and O–H groups in total. The van der Waals surface area contributed by atoms with Gasteiger partial charge >= 0.3 is 0 Å². The lowest BCUT2D eigenvalue weighted by molar-refractivity contribution is -0.113. The zero-order valence-electron chi connectivity index (χ0n) is 18.1. The number of halogens is 1. The molecule has 2 aromatic carbocycles. The Kier molecular flexibility index (Phi) is 7.79. The van der Waals surface area contributed by atoms with Crippen molar-refractivity contribution in [2.45, 2.75) is 37.8 Å². The molecule has 0 aliphatic carbocycles. The Morgan fingerprint density at radius 1 is 1.03 bits per heavy atom. The van der Waals surface area contributed by atoms with Crippen LogP contribution in [0.3, 0.4) is 0 Å². The third kappa shape index (κ3) is 6.02. The van der Waals surface area contributed by atoms with E-state index in [4.69, 9.17) is 0 Å². The van der Waals surface area contributed by atoms with Crippen LogP contribution in [0.5, 0.6) is 0 Å². The van der Waals surface area contributed by atoms with E-state index in [0.29, 0.717) is 16.1 Å². The monoisotopic (exact) mass is 482 g/mol. The largest absolute Gasteiger partial charge is 0.300 e. The molecule has 0 spiro atoms. The van der Waals surface area contributed by atoms with Crippen LogP contribution >= 0.6 is 23.1 Å². The first-order chi connectivity index (χ1) is 16.1. The second kappa shape index (κ2) is 11.2. The molecular formula is C23H23FN6OS2. The standard InChI is InChI=1S/C23H23FN6OS2/c1-2-3-5-10-20-26-28-22(33-20)25-19(31)15-32-23-29-27-21(16-11-13-17(24)14-12-16)30(23)18-8-6-4-7-9-18/h4,6-9,11-14H,2-3,5,10,15H2,1H3,(H,25,28,31). The number of carbonyl (C=O) groups excluding carboxylic acids is 1. The minimum atomic E-state index is -0.319. The number of aromatic nitrogens is 5. The van der Waals surface area contributed by atoms with Gasteiger partial charge in [-0.1, -0.05) is 61.1 Å². The van der Waals surface area contributed by atoms with E-state index in [2.05, 4.69) is 32.6 Å². The summed E-state index contributed by atoms with van der Waals surface area (Å²) in [7, 11) is 0. The normalized spacial score (nSPS) is 11.0. The summed E-state index contributed by atoms with van der Waals surface area (Å²) in [5.74, 6) is 0.201. The number of nitrogens with zero attached hydrogens (tertiary/aromatic N) is 5. The molecule has 0 unspecified atom stereocenters. The number of anilines is 1. The SMILES string of the molecule is CCCCCc1nnc(NC(=O)CSc2nnc(-c3ccc(F)cc3)n2-c2ccccc2)s1. The minimum Gasteiger partial charge on any atom is -0.300 e. The van der Waals surface area contributed by atoms with E-state index < -0.39 is 0 Å². The van der Waals surface area contributed by atoms with E-state index in [-0.39, 0.29) is 17.5 Å². The molecule has 0 bridgehead atoms. The number of nitrogens with one attached hydrogen (secondary N) is 1. The molecule has 4 rings (SSSR count). The molecule has 2 heterocycles. The fraction of sp³-hybridized carbons (Fsp3) is 0.261. The highest BCUT2D eigenvalue weighted by Crippen LogP contribution is 2.28. The first-order valence-electron chi connectivity index (χ1n) is 10.7. The van der Waals surface area contributed by atoms with Gasteiger partial charge in [-0.3, -0.25) is 14.7 Å². The van der Waals surface area contributed by atoms with Crippen molar-refractivity contribution in [2.24, 2.45) is 0 Å². The number of rotatable bonds is 10. The molecule has 0 saturated carbocycles. The van der Waals surface area contributed by atoms with Gasteiger partial charge in [-0.05, 0) is 42.8 Å². The molecule has 0 fully saturated rings. The third-order valence-corrected chi connectivity index (χ3v) is 6.62. The van der Waals surface area contributed by atoms with Crippen LogP contribution in [-0.2, 0) is 11.2 Å². The van der Waals surface area contributed by atoms with Gasteiger partial charge in [-0.25, -0.2) is 4.39 Å². The maximum absolute atomic E-state index is 13.4. The quantitative estimate of drug-likeness (QED) is 0.241. The number of carbonyl (C=O) groups is 1. The summed E-state index contributed by atoms with van der Waals surface area (Å²) in [4.78, 5) is 12.5. The lowest BCUT2D eigenvalue weighted by Crippen LogP contribution is -2.14. The molecule has 0 aliphatic rings. The fourth-order valence-corrected chi connectivity index (χ4v) is 4.73. The van der Waals surface area contributed by atoms with Crippen LogP contribution < -0.4 is 5.32 Å². The Morgan fingerprint density at radius 3 is 2.58 bits per heavy atom. The lowest BCUT2D eigenvalue weighted by Gasteiger charge is -2.10. The Balaban J connectivity index is 1.47. The van der Waals surface area contributed by atoms with E-state index in [0.717, 1.165) is 41.9 Å². The van der Waals surface area contributed by atoms with E-state index in [1.165, 1.54) is 35.2 Å². The van der Waals surface area contributed by atoms with Crippen molar-refractivity contribution in [3.8, 4) is 17.1 Å². The van der Waals surface area contributed by atoms with E-state index in [1.54, 1.807) is 12.1 Å². The predicted octanol–water partition coefficient (Wildman–Crippen LogP) is 5.39. The van der Waals surface area contributed by atoms with Gasteiger partial charge in [-0.15, -0.1) is 20.4 Å². The maximum atomic E-state index is 13.4. The van der Waals surface area contributed by atoms with Crippen molar-refractivity contribution in [2.75, 3.05) is 11.1 Å². The van der Waals surface area contributed by atoms with Crippen molar-refractivity contribution in [3.05, 3.63) is 65.4 Å². The van der Waals surface area contributed by atoms with Gasteiger partial charge in [0.1, 0.15) is 10.8 Å². The number of thioether (sulfide) groups is 1. The Bertz CT molecular complexity index is 1190. The number of para-hydroxylation sites is 1. The van der Waals surface area contributed by atoms with Crippen LogP contribution in [0.25, 0.3) is 17.1 Å². The molecule has 33 heavy (non-hydrogen) atoms. The minimum absolute atomic E-state index is 0.138. The average molecular weight is 483 g/mol. The van der Waals surface area contributed by atoms with Crippen LogP contribution in [0.2, 0.25) is 0 Å². The number of unbranched alkanes of at least 4 members (excludes halogenated alkanes) is 2. The zero-order valence-corrected chi connectivity index (χ0v) is 19.7. The summed E-state index contributed by atoms with van der Waals surface area (Å²) in [6.45, 7) is 2.16. The fourth-order valence-electron chi connectivity index (χ4n) is 3.18. The molecule has 4 aromatic rings. The number of hydrogen-bond donors (Lipinski definition) is 1. The van der Waals surface area contributed by atoms with E-state index in [9.17, 15) is 9.18 Å². The predicted molar refractivity (Wildman–Crippen MR) is 129 cm³/mol. The van der Waals surface area contributed by atoms with Gasteiger partial charge in [0, 0.05) is 17.7 Å². The Hall–Kier alpha value is -3.11. The van der Waals surface area contributed by atoms with Crippen LogP contribution in [0.15, 0.2) is 59.8 Å². The number of aryl methyl sites for hydroxylation is 1. The van der Waals surface area contributed by atoms with Crippen molar-refractivity contribution in [1.82, 2.24) is 25.0 Å². The zero-order chi connectivity index (χ0) is 23.0. The summed E-state index contributed by atoms with van der Waals surface area (Å²) in [6, 6.07) is 15.7. The molecule has 170 valence electrons. The molecule has 0 radical (unpaired) electrons. The van der Waals surface area contributed by atoms with Crippen molar-refractivity contribution >= 4 is 34.1 Å². The van der Waals surface area contributed by atoms with Crippen LogP contribution in [0, 0.1) is 5.82 Å². The van der Waals surface area contributed by atoms with Crippen LogP contribution in [0.4, 0.5) is 9.52 Å². The maximum Gasteiger partial charge on any atom is 0.236 e. The number of hydrogen-bond acceptors (Lipinski definition) is 7.